The Morgan fingerprint density at radius 3 is 2.84 bits per heavy atom. The summed E-state index contributed by atoms with van der Waals surface area (Å²) in [6.45, 7) is 2.27. The fourth-order valence-electron chi connectivity index (χ4n) is 2.89. The number of imidazole rings is 1. The van der Waals surface area contributed by atoms with E-state index in [0.29, 0.717) is 6.04 Å². The maximum absolute atomic E-state index is 5.30. The molecule has 2 aromatic rings. The third kappa shape index (κ3) is 1.91. The van der Waals surface area contributed by atoms with E-state index in [2.05, 4.69) is 22.0 Å². The van der Waals surface area contributed by atoms with E-state index in [0.717, 1.165) is 36.7 Å². The van der Waals surface area contributed by atoms with Crippen molar-refractivity contribution in [2.24, 2.45) is 5.92 Å². The average Bonchev–Trinajstić information content (AvgIpc) is 3.14. The van der Waals surface area contributed by atoms with Crippen molar-refractivity contribution in [3.05, 3.63) is 24.0 Å². The molecule has 2 aliphatic rings. The first-order valence-corrected chi connectivity index (χ1v) is 7.10. The Hall–Kier alpha value is -1.55. The van der Waals surface area contributed by atoms with Crippen LogP contribution in [0.25, 0.3) is 11.0 Å². The fourth-order valence-corrected chi connectivity index (χ4v) is 2.89. The molecule has 19 heavy (non-hydrogen) atoms. The van der Waals surface area contributed by atoms with E-state index in [9.17, 15) is 0 Å². The molecular formula is C15H19N3O. The minimum absolute atomic E-state index is 0.682. The zero-order valence-electron chi connectivity index (χ0n) is 11.2. The highest BCUT2D eigenvalue weighted by Crippen LogP contribution is 2.39. The van der Waals surface area contributed by atoms with Gasteiger partial charge in [-0.25, -0.2) is 4.98 Å². The van der Waals surface area contributed by atoms with Gasteiger partial charge in [0.2, 0.25) is 0 Å². The predicted octanol–water partition coefficient (Wildman–Crippen LogP) is 2.14. The molecule has 0 radical (unpaired) electrons. The van der Waals surface area contributed by atoms with Gasteiger partial charge in [-0.1, -0.05) is 0 Å². The Labute approximate surface area is 112 Å². The van der Waals surface area contributed by atoms with E-state index in [-0.39, 0.29) is 0 Å². The van der Waals surface area contributed by atoms with Gasteiger partial charge in [-0.3, -0.25) is 0 Å². The molecule has 2 fully saturated rings. The summed E-state index contributed by atoms with van der Waals surface area (Å²) in [5, 5.41) is 3.34. The molecule has 1 aliphatic carbocycles. The first-order chi connectivity index (χ1) is 9.35. The summed E-state index contributed by atoms with van der Waals surface area (Å²) >= 11 is 0. The maximum atomic E-state index is 5.30. The molecular weight excluding hydrogens is 238 g/mol. The van der Waals surface area contributed by atoms with Gasteiger partial charge < -0.3 is 14.6 Å². The van der Waals surface area contributed by atoms with Gasteiger partial charge in [0.1, 0.15) is 11.6 Å². The Morgan fingerprint density at radius 2 is 2.21 bits per heavy atom. The van der Waals surface area contributed by atoms with Gasteiger partial charge in [0.05, 0.1) is 18.1 Å². The SMILES string of the molecule is COc1ccc2c(c1)nc(CC1CNC1)n2C1CC1. The zero-order chi connectivity index (χ0) is 12.8. The van der Waals surface area contributed by atoms with E-state index in [1.165, 1.54) is 24.2 Å². The zero-order valence-corrected chi connectivity index (χ0v) is 11.2. The van der Waals surface area contributed by atoms with Crippen LogP contribution in [0, 0.1) is 5.92 Å². The molecule has 0 atom stereocenters. The molecule has 1 N–H and O–H groups in total. The van der Waals surface area contributed by atoms with Crippen molar-refractivity contribution in [1.82, 2.24) is 14.9 Å². The molecule has 1 saturated heterocycles. The lowest BCUT2D eigenvalue weighted by Gasteiger charge is -2.26. The van der Waals surface area contributed by atoms with E-state index in [1.807, 2.05) is 6.07 Å². The molecule has 1 aliphatic heterocycles. The molecule has 0 amide bonds. The van der Waals surface area contributed by atoms with Crippen molar-refractivity contribution in [3.63, 3.8) is 0 Å². The number of nitrogens with zero attached hydrogens (tertiary/aromatic N) is 2. The molecule has 1 aromatic carbocycles. The van der Waals surface area contributed by atoms with Crippen LogP contribution in [-0.2, 0) is 6.42 Å². The summed E-state index contributed by atoms with van der Waals surface area (Å²) in [5.41, 5.74) is 2.35. The van der Waals surface area contributed by atoms with Crippen LogP contribution in [0.5, 0.6) is 5.75 Å². The van der Waals surface area contributed by atoms with E-state index < -0.39 is 0 Å². The first-order valence-electron chi connectivity index (χ1n) is 7.10. The standard InChI is InChI=1S/C15H19N3O/c1-19-12-4-5-14-13(7-12)17-15(6-10-8-16-9-10)18(14)11-2-3-11/h4-5,7,10-11,16H,2-3,6,8-9H2,1H3. The molecule has 100 valence electrons. The van der Waals surface area contributed by atoms with Gasteiger partial charge in [-0.05, 0) is 44.0 Å². The summed E-state index contributed by atoms with van der Waals surface area (Å²) in [4.78, 5) is 4.86. The molecule has 1 saturated carbocycles. The van der Waals surface area contributed by atoms with Crippen molar-refractivity contribution in [2.45, 2.75) is 25.3 Å². The Balaban J connectivity index is 1.78. The molecule has 4 rings (SSSR count). The smallest absolute Gasteiger partial charge is 0.121 e. The first kappa shape index (κ1) is 11.3. The lowest BCUT2D eigenvalue weighted by atomic mass is 9.99. The Morgan fingerprint density at radius 1 is 1.37 bits per heavy atom. The Kier molecular flexibility index (Phi) is 2.52. The predicted molar refractivity (Wildman–Crippen MR) is 74.6 cm³/mol. The van der Waals surface area contributed by atoms with E-state index in [4.69, 9.17) is 9.72 Å². The summed E-state index contributed by atoms with van der Waals surface area (Å²) in [6, 6.07) is 6.93. The number of benzene rings is 1. The molecule has 0 spiro atoms. The third-order valence-corrected chi connectivity index (χ3v) is 4.22. The van der Waals surface area contributed by atoms with Crippen LogP contribution in [-0.4, -0.2) is 29.8 Å². The summed E-state index contributed by atoms with van der Waals surface area (Å²) < 4.78 is 7.77. The van der Waals surface area contributed by atoms with Crippen LogP contribution in [0.3, 0.4) is 0 Å². The minimum atomic E-state index is 0.682. The molecule has 1 aromatic heterocycles. The molecule has 4 heteroatoms. The van der Waals surface area contributed by atoms with Crippen LogP contribution >= 0.6 is 0 Å². The highest BCUT2D eigenvalue weighted by molar-refractivity contribution is 5.78. The number of hydrogen-bond donors (Lipinski definition) is 1. The van der Waals surface area contributed by atoms with Gasteiger partial charge in [0, 0.05) is 18.5 Å². The fraction of sp³-hybridized carbons (Fsp3) is 0.533. The largest absolute Gasteiger partial charge is 0.497 e. The quantitative estimate of drug-likeness (QED) is 0.912. The number of ether oxygens (including phenoxy) is 1. The number of hydrogen-bond acceptors (Lipinski definition) is 3. The summed E-state index contributed by atoms with van der Waals surface area (Å²) in [7, 11) is 1.71. The van der Waals surface area contributed by atoms with Crippen molar-refractivity contribution < 1.29 is 4.74 Å². The second-order valence-corrected chi connectivity index (χ2v) is 5.71. The lowest BCUT2D eigenvalue weighted by molar-refractivity contribution is 0.337. The van der Waals surface area contributed by atoms with Crippen molar-refractivity contribution in [3.8, 4) is 5.75 Å². The van der Waals surface area contributed by atoms with Crippen molar-refractivity contribution in [1.29, 1.82) is 0 Å². The maximum Gasteiger partial charge on any atom is 0.121 e. The summed E-state index contributed by atoms with van der Waals surface area (Å²) in [6.07, 6.45) is 3.70. The molecule has 0 bridgehead atoms. The van der Waals surface area contributed by atoms with Gasteiger partial charge in [-0.2, -0.15) is 0 Å². The highest BCUT2D eigenvalue weighted by atomic mass is 16.5. The van der Waals surface area contributed by atoms with Gasteiger partial charge >= 0.3 is 0 Å². The molecule has 0 unspecified atom stereocenters. The van der Waals surface area contributed by atoms with Gasteiger partial charge in [-0.15, -0.1) is 0 Å². The molecule has 2 heterocycles. The van der Waals surface area contributed by atoms with Crippen LogP contribution < -0.4 is 10.1 Å². The monoisotopic (exact) mass is 257 g/mol. The minimum Gasteiger partial charge on any atom is -0.497 e. The number of fused-ring (bicyclic) bond motifs is 1. The second kappa shape index (κ2) is 4.23. The van der Waals surface area contributed by atoms with Gasteiger partial charge in [0.15, 0.2) is 0 Å². The Bertz CT molecular complexity index is 611. The normalized spacial score (nSPS) is 19.6. The van der Waals surface area contributed by atoms with Crippen molar-refractivity contribution >= 4 is 11.0 Å². The average molecular weight is 257 g/mol. The number of nitrogens with one attached hydrogen (secondary N) is 1. The second-order valence-electron chi connectivity index (χ2n) is 5.71. The van der Waals surface area contributed by atoms with Crippen LogP contribution in [0.2, 0.25) is 0 Å². The van der Waals surface area contributed by atoms with Crippen LogP contribution in [0.1, 0.15) is 24.7 Å². The van der Waals surface area contributed by atoms with Crippen molar-refractivity contribution in [2.75, 3.05) is 20.2 Å². The van der Waals surface area contributed by atoms with Crippen LogP contribution in [0.15, 0.2) is 18.2 Å². The number of methoxy groups -OCH3 is 1. The van der Waals surface area contributed by atoms with E-state index in [1.54, 1.807) is 7.11 Å². The van der Waals surface area contributed by atoms with Crippen LogP contribution in [0.4, 0.5) is 0 Å². The molecule has 4 nitrogen and oxygen atoms in total. The third-order valence-electron chi connectivity index (χ3n) is 4.22. The number of aromatic nitrogens is 2. The summed E-state index contributed by atoms with van der Waals surface area (Å²) in [5.74, 6) is 2.92. The van der Waals surface area contributed by atoms with E-state index >= 15 is 0 Å². The number of rotatable bonds is 4. The topological polar surface area (TPSA) is 39.1 Å². The lowest BCUT2D eigenvalue weighted by Crippen LogP contribution is -2.43. The van der Waals surface area contributed by atoms with Gasteiger partial charge in [0.25, 0.3) is 0 Å². The highest BCUT2D eigenvalue weighted by Gasteiger charge is 2.30.